The Morgan fingerprint density at radius 1 is 0.643 bits per heavy atom. The molecule has 2 aromatic rings. The molecule has 0 amide bonds. The van der Waals surface area contributed by atoms with Gasteiger partial charge in [0.05, 0.1) is 26.4 Å². The molecule has 2 aliphatic heterocycles. The van der Waals surface area contributed by atoms with Gasteiger partial charge in [-0.15, -0.1) is 0 Å². The van der Waals surface area contributed by atoms with Gasteiger partial charge >= 0.3 is 0 Å². The van der Waals surface area contributed by atoms with Crippen LogP contribution in [0.15, 0.2) is 36.4 Å². The summed E-state index contributed by atoms with van der Waals surface area (Å²) in [6.07, 6.45) is 0. The molecule has 2 saturated heterocycles. The van der Waals surface area contributed by atoms with Crippen LogP contribution in [0.2, 0.25) is 0 Å². The molecular weight excluding hydrogens is 356 g/mol. The molecule has 2 N–H and O–H groups in total. The number of hydrogen-bond donors (Lipinski definition) is 2. The molecule has 6 nitrogen and oxygen atoms in total. The summed E-state index contributed by atoms with van der Waals surface area (Å²) in [5.41, 5.74) is 3.93. The molecule has 0 aromatic heterocycles. The van der Waals surface area contributed by atoms with Crippen molar-refractivity contribution in [1.82, 2.24) is 9.80 Å². The minimum Gasteiger partial charge on any atom is -0.508 e. The van der Waals surface area contributed by atoms with Crippen molar-refractivity contribution in [3.63, 3.8) is 0 Å². The molecule has 28 heavy (non-hydrogen) atoms. The third kappa shape index (κ3) is 4.64. The standard InChI is InChI=1S/C22H28N2O4/c25-21-3-1-17(13-19(21)15-23-5-9-27-10-6-23)18-2-4-22(26)20(14-18)16-24-7-11-28-12-8-24/h1-4,13-14,25-26H,5-12,15-16H2. The van der Waals surface area contributed by atoms with Crippen molar-refractivity contribution < 1.29 is 19.7 Å². The quantitative estimate of drug-likeness (QED) is 0.826. The van der Waals surface area contributed by atoms with Gasteiger partial charge in [0.25, 0.3) is 0 Å². The predicted molar refractivity (Wildman–Crippen MR) is 107 cm³/mol. The number of phenols is 2. The van der Waals surface area contributed by atoms with Crippen LogP contribution in [0, 0.1) is 0 Å². The second-order valence-corrected chi connectivity index (χ2v) is 7.46. The average Bonchev–Trinajstić information content (AvgIpc) is 2.73. The number of benzene rings is 2. The molecule has 0 bridgehead atoms. The molecule has 0 saturated carbocycles. The van der Waals surface area contributed by atoms with E-state index in [0.717, 1.165) is 74.9 Å². The van der Waals surface area contributed by atoms with E-state index in [-0.39, 0.29) is 0 Å². The first-order valence-corrected chi connectivity index (χ1v) is 9.93. The van der Waals surface area contributed by atoms with E-state index in [1.54, 1.807) is 12.1 Å². The second kappa shape index (κ2) is 8.92. The van der Waals surface area contributed by atoms with Gasteiger partial charge < -0.3 is 19.7 Å². The summed E-state index contributed by atoms with van der Waals surface area (Å²) in [6.45, 7) is 7.90. The zero-order valence-electron chi connectivity index (χ0n) is 16.1. The lowest BCUT2D eigenvalue weighted by molar-refractivity contribution is 0.0338. The molecule has 2 aliphatic rings. The highest BCUT2D eigenvalue weighted by molar-refractivity contribution is 5.67. The second-order valence-electron chi connectivity index (χ2n) is 7.46. The molecule has 6 heteroatoms. The van der Waals surface area contributed by atoms with Gasteiger partial charge in [-0.25, -0.2) is 0 Å². The largest absolute Gasteiger partial charge is 0.508 e. The van der Waals surface area contributed by atoms with Crippen molar-refractivity contribution >= 4 is 0 Å². The summed E-state index contributed by atoms with van der Waals surface area (Å²) >= 11 is 0. The van der Waals surface area contributed by atoms with Crippen LogP contribution in [0.25, 0.3) is 11.1 Å². The highest BCUT2D eigenvalue weighted by Crippen LogP contribution is 2.31. The van der Waals surface area contributed by atoms with Crippen LogP contribution in [-0.4, -0.2) is 72.6 Å². The molecule has 4 rings (SSSR count). The van der Waals surface area contributed by atoms with Gasteiger partial charge in [0, 0.05) is 50.4 Å². The molecule has 2 fully saturated rings. The maximum atomic E-state index is 10.3. The maximum absolute atomic E-state index is 10.3. The molecule has 0 radical (unpaired) electrons. The Morgan fingerprint density at radius 2 is 1.04 bits per heavy atom. The van der Waals surface area contributed by atoms with Gasteiger partial charge in [0.1, 0.15) is 11.5 Å². The van der Waals surface area contributed by atoms with Gasteiger partial charge in [-0.3, -0.25) is 9.80 Å². The van der Waals surface area contributed by atoms with E-state index in [9.17, 15) is 10.2 Å². The minimum atomic E-state index is 0.322. The number of aromatic hydroxyl groups is 2. The predicted octanol–water partition coefficient (Wildman–Crippen LogP) is 2.43. The molecule has 0 atom stereocenters. The Labute approximate surface area is 165 Å². The Bertz CT molecular complexity index is 732. The number of phenolic OH excluding ortho intramolecular Hbond substituents is 2. The van der Waals surface area contributed by atoms with Gasteiger partial charge in [-0.1, -0.05) is 12.1 Å². The summed E-state index contributed by atoms with van der Waals surface area (Å²) in [5, 5.41) is 20.6. The lowest BCUT2D eigenvalue weighted by Crippen LogP contribution is -2.35. The topological polar surface area (TPSA) is 65.4 Å². The maximum Gasteiger partial charge on any atom is 0.120 e. The van der Waals surface area contributed by atoms with Crippen LogP contribution >= 0.6 is 0 Å². The van der Waals surface area contributed by atoms with Crippen molar-refractivity contribution in [2.75, 3.05) is 52.6 Å². The first-order chi connectivity index (χ1) is 13.7. The van der Waals surface area contributed by atoms with Crippen LogP contribution in [0.4, 0.5) is 0 Å². The molecule has 0 aliphatic carbocycles. The Balaban J connectivity index is 1.54. The van der Waals surface area contributed by atoms with Crippen LogP contribution in [0.1, 0.15) is 11.1 Å². The van der Waals surface area contributed by atoms with Gasteiger partial charge in [-0.05, 0) is 35.4 Å². The molecule has 0 spiro atoms. The van der Waals surface area contributed by atoms with E-state index in [1.807, 2.05) is 12.1 Å². The Hall–Kier alpha value is -2.12. The number of morpholine rings is 2. The number of rotatable bonds is 5. The van der Waals surface area contributed by atoms with Crippen molar-refractivity contribution in [1.29, 1.82) is 0 Å². The smallest absolute Gasteiger partial charge is 0.120 e. The van der Waals surface area contributed by atoms with Crippen LogP contribution in [0.3, 0.4) is 0 Å². The van der Waals surface area contributed by atoms with Gasteiger partial charge in [-0.2, -0.15) is 0 Å². The minimum absolute atomic E-state index is 0.322. The highest BCUT2D eigenvalue weighted by atomic mass is 16.5. The lowest BCUT2D eigenvalue weighted by Gasteiger charge is -2.27. The number of ether oxygens (including phenoxy) is 2. The van der Waals surface area contributed by atoms with Gasteiger partial charge in [0.2, 0.25) is 0 Å². The SMILES string of the molecule is Oc1ccc(-c2ccc(O)c(CN3CCOCC3)c2)cc1CN1CCOCC1. The fourth-order valence-corrected chi connectivity index (χ4v) is 3.78. The van der Waals surface area contributed by atoms with Crippen molar-refractivity contribution in [3.8, 4) is 22.6 Å². The van der Waals surface area contributed by atoms with E-state index in [0.29, 0.717) is 24.6 Å². The Kier molecular flexibility index (Phi) is 6.12. The zero-order valence-corrected chi connectivity index (χ0v) is 16.1. The molecule has 150 valence electrons. The number of nitrogens with zero attached hydrogens (tertiary/aromatic N) is 2. The summed E-state index contributed by atoms with van der Waals surface area (Å²) < 4.78 is 10.8. The van der Waals surface area contributed by atoms with Crippen LogP contribution < -0.4 is 0 Å². The fourth-order valence-electron chi connectivity index (χ4n) is 3.78. The number of hydrogen-bond acceptors (Lipinski definition) is 6. The molecular formula is C22H28N2O4. The third-order valence-corrected chi connectivity index (χ3v) is 5.49. The summed E-state index contributed by atoms with van der Waals surface area (Å²) in [4.78, 5) is 4.59. The monoisotopic (exact) mass is 384 g/mol. The Morgan fingerprint density at radius 3 is 1.43 bits per heavy atom. The van der Waals surface area contributed by atoms with E-state index >= 15 is 0 Å². The van der Waals surface area contributed by atoms with Crippen LogP contribution in [-0.2, 0) is 22.6 Å². The van der Waals surface area contributed by atoms with Crippen molar-refractivity contribution in [2.45, 2.75) is 13.1 Å². The summed E-state index contributed by atoms with van der Waals surface area (Å²) in [5.74, 6) is 0.644. The van der Waals surface area contributed by atoms with E-state index in [1.165, 1.54) is 0 Å². The van der Waals surface area contributed by atoms with Crippen molar-refractivity contribution in [3.05, 3.63) is 47.5 Å². The molecule has 2 aromatic carbocycles. The first kappa shape index (κ1) is 19.2. The van der Waals surface area contributed by atoms with E-state index < -0.39 is 0 Å². The first-order valence-electron chi connectivity index (χ1n) is 9.93. The highest BCUT2D eigenvalue weighted by Gasteiger charge is 2.16. The van der Waals surface area contributed by atoms with Crippen LogP contribution in [0.5, 0.6) is 11.5 Å². The van der Waals surface area contributed by atoms with E-state index in [2.05, 4.69) is 21.9 Å². The summed E-state index contributed by atoms with van der Waals surface area (Å²) in [7, 11) is 0. The molecule has 0 unspecified atom stereocenters. The lowest BCUT2D eigenvalue weighted by atomic mass is 9.99. The average molecular weight is 384 g/mol. The van der Waals surface area contributed by atoms with Gasteiger partial charge in [0.15, 0.2) is 0 Å². The zero-order chi connectivity index (χ0) is 19.3. The summed E-state index contributed by atoms with van der Waals surface area (Å²) in [6, 6.07) is 11.5. The third-order valence-electron chi connectivity index (χ3n) is 5.49. The molecule has 2 heterocycles. The van der Waals surface area contributed by atoms with E-state index in [4.69, 9.17) is 9.47 Å². The fraction of sp³-hybridized carbons (Fsp3) is 0.455. The normalized spacial score (nSPS) is 19.0. The van der Waals surface area contributed by atoms with Crippen molar-refractivity contribution in [2.24, 2.45) is 0 Å².